The predicted octanol–water partition coefficient (Wildman–Crippen LogP) is 3.20. The minimum atomic E-state index is -2.80. The highest BCUT2D eigenvalue weighted by Crippen LogP contribution is 2.25. The van der Waals surface area contributed by atoms with Crippen LogP contribution in [0.4, 0.5) is 0 Å². The normalized spacial score (nSPS) is 21.0. The van der Waals surface area contributed by atoms with Gasteiger partial charge in [-0.15, -0.1) is 0 Å². The van der Waals surface area contributed by atoms with Crippen LogP contribution >= 0.6 is 11.6 Å². The molecule has 1 saturated heterocycles. The van der Waals surface area contributed by atoms with Crippen molar-refractivity contribution in [3.63, 3.8) is 0 Å². The number of rotatable bonds is 4. The Labute approximate surface area is 126 Å². The predicted molar refractivity (Wildman–Crippen MR) is 83.8 cm³/mol. The molecule has 5 heteroatoms. The maximum atomic E-state index is 11.5. The Bertz CT molecular complexity index is 525. The van der Waals surface area contributed by atoms with E-state index in [0.29, 0.717) is 30.3 Å². The zero-order valence-corrected chi connectivity index (χ0v) is 13.5. The summed E-state index contributed by atoms with van der Waals surface area (Å²) >= 11 is 5.93. The van der Waals surface area contributed by atoms with Crippen LogP contribution in [0.3, 0.4) is 0 Å². The van der Waals surface area contributed by atoms with E-state index in [1.54, 1.807) is 0 Å². The van der Waals surface area contributed by atoms with Crippen LogP contribution in [0.1, 0.15) is 38.3 Å². The van der Waals surface area contributed by atoms with E-state index in [4.69, 9.17) is 11.6 Å². The molecule has 0 aliphatic carbocycles. The lowest BCUT2D eigenvalue weighted by atomic mass is 9.94. The van der Waals surface area contributed by atoms with Crippen molar-refractivity contribution in [1.82, 2.24) is 5.32 Å². The molecule has 20 heavy (non-hydrogen) atoms. The van der Waals surface area contributed by atoms with E-state index in [-0.39, 0.29) is 12.1 Å². The molecule has 3 nitrogen and oxygen atoms in total. The van der Waals surface area contributed by atoms with Gasteiger partial charge in [0, 0.05) is 17.1 Å². The molecule has 1 N–H and O–H groups in total. The second-order valence-electron chi connectivity index (χ2n) is 5.87. The fourth-order valence-corrected chi connectivity index (χ4v) is 4.27. The smallest absolute Gasteiger partial charge is 0.150 e. The second-order valence-corrected chi connectivity index (χ2v) is 8.61. The van der Waals surface area contributed by atoms with Gasteiger partial charge in [0.1, 0.15) is 9.84 Å². The lowest BCUT2D eigenvalue weighted by molar-refractivity contribution is 0.342. The van der Waals surface area contributed by atoms with Gasteiger partial charge in [-0.25, -0.2) is 8.42 Å². The lowest BCUT2D eigenvalue weighted by Crippen LogP contribution is -2.41. The summed E-state index contributed by atoms with van der Waals surface area (Å²) in [6.45, 7) is 4.34. The quantitative estimate of drug-likeness (QED) is 0.928. The fraction of sp³-hybridized carbons (Fsp3) is 0.600. The van der Waals surface area contributed by atoms with Gasteiger partial charge in [-0.05, 0) is 36.5 Å². The Morgan fingerprint density at radius 3 is 2.20 bits per heavy atom. The Hall–Kier alpha value is -0.580. The van der Waals surface area contributed by atoms with Gasteiger partial charge in [0.05, 0.1) is 11.5 Å². The van der Waals surface area contributed by atoms with Crippen LogP contribution in [0, 0.1) is 5.92 Å². The molecule has 1 aliphatic rings. The molecule has 1 aromatic carbocycles. The molecule has 0 spiro atoms. The number of hydrogen-bond donors (Lipinski definition) is 1. The highest BCUT2D eigenvalue weighted by atomic mass is 35.5. The topological polar surface area (TPSA) is 46.2 Å². The molecule has 0 bridgehead atoms. The van der Waals surface area contributed by atoms with Crippen molar-refractivity contribution in [3.8, 4) is 0 Å². The molecule has 0 aromatic heterocycles. The summed E-state index contributed by atoms with van der Waals surface area (Å²) in [5.41, 5.74) is 1.21. The van der Waals surface area contributed by atoms with Crippen LogP contribution in [0.2, 0.25) is 5.02 Å². The zero-order chi connectivity index (χ0) is 14.8. The molecule has 112 valence electrons. The summed E-state index contributed by atoms with van der Waals surface area (Å²) in [5.74, 6) is 1.04. The minimum Gasteiger partial charge on any atom is -0.307 e. The third kappa shape index (κ3) is 4.21. The van der Waals surface area contributed by atoms with E-state index < -0.39 is 9.84 Å². The number of halogens is 1. The number of sulfone groups is 1. The Morgan fingerprint density at radius 1 is 1.15 bits per heavy atom. The van der Waals surface area contributed by atoms with Crippen molar-refractivity contribution in [2.45, 2.75) is 38.8 Å². The van der Waals surface area contributed by atoms with E-state index in [2.05, 4.69) is 19.2 Å². The summed E-state index contributed by atoms with van der Waals surface area (Å²) in [7, 11) is -2.80. The average molecular weight is 316 g/mol. The van der Waals surface area contributed by atoms with Crippen LogP contribution in [-0.2, 0) is 9.84 Å². The van der Waals surface area contributed by atoms with Gasteiger partial charge >= 0.3 is 0 Å². The molecular weight excluding hydrogens is 294 g/mol. The van der Waals surface area contributed by atoms with Crippen molar-refractivity contribution in [1.29, 1.82) is 0 Å². The van der Waals surface area contributed by atoms with Crippen LogP contribution in [0.5, 0.6) is 0 Å². The monoisotopic (exact) mass is 315 g/mol. The van der Waals surface area contributed by atoms with Crippen molar-refractivity contribution in [2.75, 3.05) is 11.5 Å². The Kier molecular flexibility index (Phi) is 5.10. The molecule has 1 aliphatic heterocycles. The Balaban J connectivity index is 2.05. The third-order valence-electron chi connectivity index (χ3n) is 3.87. The number of hydrogen-bond acceptors (Lipinski definition) is 3. The van der Waals surface area contributed by atoms with E-state index in [9.17, 15) is 8.42 Å². The molecule has 1 fully saturated rings. The maximum absolute atomic E-state index is 11.5. The van der Waals surface area contributed by atoms with Gasteiger partial charge in [-0.2, -0.15) is 0 Å². The maximum Gasteiger partial charge on any atom is 0.150 e. The second kappa shape index (κ2) is 6.46. The van der Waals surface area contributed by atoms with Crippen LogP contribution < -0.4 is 5.32 Å². The highest BCUT2D eigenvalue weighted by molar-refractivity contribution is 7.91. The molecule has 1 atom stereocenters. The molecule has 2 rings (SSSR count). The van der Waals surface area contributed by atoms with Crippen LogP contribution in [0.15, 0.2) is 24.3 Å². The third-order valence-corrected chi connectivity index (χ3v) is 5.83. The summed E-state index contributed by atoms with van der Waals surface area (Å²) in [4.78, 5) is 0. The van der Waals surface area contributed by atoms with Gasteiger partial charge in [0.2, 0.25) is 0 Å². The number of benzene rings is 1. The first-order valence-electron chi connectivity index (χ1n) is 7.09. The summed E-state index contributed by atoms with van der Waals surface area (Å²) in [5, 5.41) is 4.36. The van der Waals surface area contributed by atoms with E-state index in [1.165, 1.54) is 5.56 Å². The summed E-state index contributed by atoms with van der Waals surface area (Å²) in [6, 6.07) is 8.40. The van der Waals surface area contributed by atoms with Crippen molar-refractivity contribution in [3.05, 3.63) is 34.9 Å². The van der Waals surface area contributed by atoms with E-state index in [1.807, 2.05) is 24.3 Å². The first-order valence-corrected chi connectivity index (χ1v) is 9.29. The van der Waals surface area contributed by atoms with Gasteiger partial charge in [0.15, 0.2) is 0 Å². The van der Waals surface area contributed by atoms with E-state index in [0.717, 1.165) is 5.02 Å². The molecule has 1 unspecified atom stereocenters. The average Bonchev–Trinajstić information content (AvgIpc) is 2.38. The van der Waals surface area contributed by atoms with Gasteiger partial charge in [-0.3, -0.25) is 0 Å². The van der Waals surface area contributed by atoms with Crippen LogP contribution in [0.25, 0.3) is 0 Å². The largest absolute Gasteiger partial charge is 0.307 e. The van der Waals surface area contributed by atoms with Gasteiger partial charge < -0.3 is 5.32 Å². The van der Waals surface area contributed by atoms with Crippen molar-refractivity contribution >= 4 is 21.4 Å². The molecule has 1 aromatic rings. The molecule has 0 amide bonds. The first kappa shape index (κ1) is 15.8. The highest BCUT2D eigenvalue weighted by Gasteiger charge is 2.26. The molecular formula is C15H22ClNO2S. The van der Waals surface area contributed by atoms with Crippen molar-refractivity contribution < 1.29 is 8.42 Å². The standard InChI is InChI=1S/C15H22ClNO2S/c1-11(2)15(12-3-5-13(16)6-4-12)17-14-7-9-20(18,19)10-8-14/h3-6,11,14-15,17H,7-10H2,1-2H3. The first-order chi connectivity index (χ1) is 9.37. The SMILES string of the molecule is CC(C)C(NC1CCS(=O)(=O)CC1)c1ccc(Cl)cc1. The zero-order valence-electron chi connectivity index (χ0n) is 12.0. The van der Waals surface area contributed by atoms with Gasteiger partial charge in [0.25, 0.3) is 0 Å². The summed E-state index contributed by atoms with van der Waals surface area (Å²) < 4.78 is 23.0. The molecule has 1 heterocycles. The van der Waals surface area contributed by atoms with Crippen molar-refractivity contribution in [2.24, 2.45) is 5.92 Å². The lowest BCUT2D eigenvalue weighted by Gasteiger charge is -2.31. The molecule has 0 radical (unpaired) electrons. The van der Waals surface area contributed by atoms with Crippen LogP contribution in [-0.4, -0.2) is 26.0 Å². The minimum absolute atomic E-state index is 0.234. The summed E-state index contributed by atoms with van der Waals surface area (Å²) in [6.07, 6.45) is 1.41. The number of nitrogens with one attached hydrogen (secondary N) is 1. The fourth-order valence-electron chi connectivity index (χ4n) is 2.65. The Morgan fingerprint density at radius 2 is 1.70 bits per heavy atom. The van der Waals surface area contributed by atoms with Gasteiger partial charge in [-0.1, -0.05) is 37.6 Å². The van der Waals surface area contributed by atoms with E-state index >= 15 is 0 Å². The molecule has 0 saturated carbocycles.